The third-order valence-electron chi connectivity index (χ3n) is 2.40. The third kappa shape index (κ3) is 3.05. The Kier molecular flexibility index (Phi) is 3.76. The number of hydrogen-bond acceptors (Lipinski definition) is 4. The van der Waals surface area contributed by atoms with Gasteiger partial charge in [0.1, 0.15) is 0 Å². The number of aromatic nitrogens is 2. The first kappa shape index (κ1) is 12.1. The predicted molar refractivity (Wildman–Crippen MR) is 68.0 cm³/mol. The summed E-state index contributed by atoms with van der Waals surface area (Å²) in [6, 6.07) is 6.31. The molecule has 1 heterocycles. The lowest BCUT2D eigenvalue weighted by atomic mass is 10.2. The standard InChI is InChI=1S/C13H14N2OS/c1-9-3-4-12(10(2)5-9)17-13-14-6-11(8-16)7-15-13/h3-7,16H,8H2,1-2H3. The molecule has 0 aliphatic rings. The van der Waals surface area contributed by atoms with Gasteiger partial charge in [-0.25, -0.2) is 9.97 Å². The molecular formula is C13H14N2OS. The van der Waals surface area contributed by atoms with Gasteiger partial charge in [0.05, 0.1) is 6.61 Å². The van der Waals surface area contributed by atoms with Crippen LogP contribution in [0, 0.1) is 13.8 Å². The van der Waals surface area contributed by atoms with Crippen molar-refractivity contribution in [3.05, 3.63) is 47.3 Å². The Morgan fingerprint density at radius 2 is 1.88 bits per heavy atom. The summed E-state index contributed by atoms with van der Waals surface area (Å²) in [4.78, 5) is 9.56. The average molecular weight is 246 g/mol. The Labute approximate surface area is 105 Å². The molecule has 0 saturated heterocycles. The van der Waals surface area contributed by atoms with E-state index in [1.165, 1.54) is 22.9 Å². The van der Waals surface area contributed by atoms with E-state index < -0.39 is 0 Å². The summed E-state index contributed by atoms with van der Waals surface area (Å²) >= 11 is 1.54. The molecule has 0 spiro atoms. The number of rotatable bonds is 3. The van der Waals surface area contributed by atoms with Gasteiger partial charge in [0.2, 0.25) is 0 Å². The summed E-state index contributed by atoms with van der Waals surface area (Å²) in [6.07, 6.45) is 3.30. The van der Waals surface area contributed by atoms with Crippen LogP contribution in [0.3, 0.4) is 0 Å². The number of aryl methyl sites for hydroxylation is 2. The summed E-state index contributed by atoms with van der Waals surface area (Å²) in [6.45, 7) is 4.14. The van der Waals surface area contributed by atoms with Crippen molar-refractivity contribution in [2.75, 3.05) is 0 Å². The van der Waals surface area contributed by atoms with Gasteiger partial charge in [-0.1, -0.05) is 17.7 Å². The van der Waals surface area contributed by atoms with Crippen LogP contribution in [0.2, 0.25) is 0 Å². The number of aliphatic hydroxyl groups is 1. The van der Waals surface area contributed by atoms with Crippen LogP contribution in [0.5, 0.6) is 0 Å². The molecule has 0 radical (unpaired) electrons. The molecule has 1 N–H and O–H groups in total. The molecule has 1 aromatic carbocycles. The molecule has 0 aliphatic carbocycles. The molecule has 3 nitrogen and oxygen atoms in total. The lowest BCUT2D eigenvalue weighted by Crippen LogP contribution is -1.91. The summed E-state index contributed by atoms with van der Waals surface area (Å²) in [5.41, 5.74) is 3.21. The van der Waals surface area contributed by atoms with Crippen molar-refractivity contribution >= 4 is 11.8 Å². The van der Waals surface area contributed by atoms with Crippen molar-refractivity contribution in [2.45, 2.75) is 30.5 Å². The fourth-order valence-corrected chi connectivity index (χ4v) is 2.25. The zero-order chi connectivity index (χ0) is 12.3. The van der Waals surface area contributed by atoms with E-state index in [0.717, 1.165) is 10.5 Å². The molecule has 17 heavy (non-hydrogen) atoms. The van der Waals surface area contributed by atoms with Gasteiger partial charge in [0.25, 0.3) is 0 Å². The van der Waals surface area contributed by atoms with Gasteiger partial charge in [-0.2, -0.15) is 0 Å². The highest BCUT2D eigenvalue weighted by Gasteiger charge is 2.03. The maximum atomic E-state index is 8.91. The minimum absolute atomic E-state index is 0.0193. The van der Waals surface area contributed by atoms with Gasteiger partial charge in [0, 0.05) is 22.9 Å². The first-order chi connectivity index (χ1) is 8.19. The van der Waals surface area contributed by atoms with Crippen molar-refractivity contribution in [3.63, 3.8) is 0 Å². The molecule has 2 rings (SSSR count). The normalized spacial score (nSPS) is 10.5. The number of nitrogens with zero attached hydrogens (tertiary/aromatic N) is 2. The molecule has 0 amide bonds. The largest absolute Gasteiger partial charge is 0.392 e. The molecule has 0 aliphatic heterocycles. The fourth-order valence-electron chi connectivity index (χ4n) is 1.49. The Morgan fingerprint density at radius 3 is 2.47 bits per heavy atom. The predicted octanol–water partition coefficient (Wildman–Crippen LogP) is 2.74. The molecule has 4 heteroatoms. The topological polar surface area (TPSA) is 46.0 Å². The molecule has 0 atom stereocenters. The Hall–Kier alpha value is -1.39. The zero-order valence-electron chi connectivity index (χ0n) is 9.84. The molecule has 2 aromatic rings. The van der Waals surface area contributed by atoms with Crippen LogP contribution < -0.4 is 0 Å². The second-order valence-electron chi connectivity index (χ2n) is 3.90. The van der Waals surface area contributed by atoms with Crippen molar-refractivity contribution in [1.29, 1.82) is 0 Å². The number of benzene rings is 1. The molecule has 0 saturated carbocycles. The summed E-state index contributed by atoms with van der Waals surface area (Å²) in [7, 11) is 0. The van der Waals surface area contributed by atoms with Gasteiger partial charge in [0.15, 0.2) is 5.16 Å². The molecular weight excluding hydrogens is 232 g/mol. The van der Waals surface area contributed by atoms with E-state index in [-0.39, 0.29) is 6.61 Å². The van der Waals surface area contributed by atoms with Crippen LogP contribution in [0.1, 0.15) is 16.7 Å². The molecule has 0 unspecified atom stereocenters. The summed E-state index contributed by atoms with van der Waals surface area (Å²) in [5.74, 6) is 0. The van der Waals surface area contributed by atoms with Crippen molar-refractivity contribution in [2.24, 2.45) is 0 Å². The highest BCUT2D eigenvalue weighted by atomic mass is 32.2. The molecule has 0 bridgehead atoms. The van der Waals surface area contributed by atoms with Crippen LogP contribution in [0.4, 0.5) is 0 Å². The van der Waals surface area contributed by atoms with Crippen molar-refractivity contribution in [1.82, 2.24) is 9.97 Å². The van der Waals surface area contributed by atoms with Gasteiger partial charge < -0.3 is 5.11 Å². The Balaban J connectivity index is 2.19. The van der Waals surface area contributed by atoms with Crippen LogP contribution in [0.25, 0.3) is 0 Å². The van der Waals surface area contributed by atoms with Gasteiger partial charge in [-0.3, -0.25) is 0 Å². The SMILES string of the molecule is Cc1ccc(Sc2ncc(CO)cn2)c(C)c1. The van der Waals surface area contributed by atoms with Crippen LogP contribution in [0.15, 0.2) is 40.6 Å². The first-order valence-corrected chi connectivity index (χ1v) is 6.17. The van der Waals surface area contributed by atoms with Gasteiger partial charge in [-0.15, -0.1) is 0 Å². The summed E-state index contributed by atoms with van der Waals surface area (Å²) < 4.78 is 0. The van der Waals surface area contributed by atoms with E-state index >= 15 is 0 Å². The maximum Gasteiger partial charge on any atom is 0.192 e. The van der Waals surface area contributed by atoms with Crippen LogP contribution in [-0.4, -0.2) is 15.1 Å². The number of aliphatic hydroxyl groups excluding tert-OH is 1. The summed E-state index contributed by atoms with van der Waals surface area (Å²) in [5, 5.41) is 9.61. The van der Waals surface area contributed by atoms with E-state index in [1.807, 2.05) is 0 Å². The molecule has 1 aromatic heterocycles. The highest BCUT2D eigenvalue weighted by molar-refractivity contribution is 7.99. The zero-order valence-corrected chi connectivity index (χ0v) is 10.7. The highest BCUT2D eigenvalue weighted by Crippen LogP contribution is 2.27. The quantitative estimate of drug-likeness (QED) is 0.846. The van der Waals surface area contributed by atoms with E-state index in [0.29, 0.717) is 5.16 Å². The van der Waals surface area contributed by atoms with E-state index in [2.05, 4.69) is 42.0 Å². The monoisotopic (exact) mass is 246 g/mol. The fraction of sp³-hybridized carbons (Fsp3) is 0.231. The molecule has 88 valence electrons. The van der Waals surface area contributed by atoms with Crippen LogP contribution >= 0.6 is 11.8 Å². The van der Waals surface area contributed by atoms with E-state index in [9.17, 15) is 0 Å². The average Bonchev–Trinajstić information content (AvgIpc) is 2.34. The minimum Gasteiger partial charge on any atom is -0.392 e. The first-order valence-electron chi connectivity index (χ1n) is 5.36. The van der Waals surface area contributed by atoms with E-state index in [1.54, 1.807) is 12.4 Å². The number of hydrogen-bond donors (Lipinski definition) is 1. The Morgan fingerprint density at radius 1 is 1.18 bits per heavy atom. The second-order valence-corrected chi connectivity index (χ2v) is 4.91. The van der Waals surface area contributed by atoms with E-state index in [4.69, 9.17) is 5.11 Å². The maximum absolute atomic E-state index is 8.91. The van der Waals surface area contributed by atoms with Gasteiger partial charge in [-0.05, 0) is 37.2 Å². The second kappa shape index (κ2) is 5.29. The minimum atomic E-state index is -0.0193. The third-order valence-corrected chi connectivity index (χ3v) is 3.47. The van der Waals surface area contributed by atoms with Crippen LogP contribution in [-0.2, 0) is 6.61 Å². The van der Waals surface area contributed by atoms with Crippen molar-refractivity contribution in [3.8, 4) is 0 Å². The molecule has 0 fully saturated rings. The lowest BCUT2D eigenvalue weighted by molar-refractivity contribution is 0.280. The lowest BCUT2D eigenvalue weighted by Gasteiger charge is -2.05. The Bertz CT molecular complexity index is 511. The van der Waals surface area contributed by atoms with Crippen molar-refractivity contribution < 1.29 is 5.11 Å². The smallest absolute Gasteiger partial charge is 0.192 e. The van der Waals surface area contributed by atoms with Gasteiger partial charge >= 0.3 is 0 Å².